The van der Waals surface area contributed by atoms with Crippen LogP contribution in [0, 0.1) is 11.8 Å². The summed E-state index contributed by atoms with van der Waals surface area (Å²) in [5.74, 6) is -2.73. The molecule has 0 heterocycles. The van der Waals surface area contributed by atoms with Crippen LogP contribution in [0.4, 0.5) is 0 Å². The lowest BCUT2D eigenvalue weighted by molar-refractivity contribution is -0.141. The molecule has 0 aliphatic heterocycles. The third kappa shape index (κ3) is 2.84. The largest absolute Gasteiger partial charge is 0.481 e. The van der Waals surface area contributed by atoms with Crippen LogP contribution in [0.3, 0.4) is 0 Å². The molecule has 0 spiro atoms. The van der Waals surface area contributed by atoms with E-state index in [0.717, 1.165) is 25.7 Å². The van der Waals surface area contributed by atoms with Crippen molar-refractivity contribution < 1.29 is 12.6 Å². The summed E-state index contributed by atoms with van der Waals surface area (Å²) < 4.78 is 15.5. The first-order chi connectivity index (χ1) is 6.46. The highest BCUT2D eigenvalue weighted by atomic mass is 16.4. The minimum atomic E-state index is -1.65. The lowest BCUT2D eigenvalue weighted by Crippen LogP contribution is -2.16. The van der Waals surface area contributed by atoms with Gasteiger partial charge >= 0.3 is 5.97 Å². The van der Waals surface area contributed by atoms with Gasteiger partial charge in [-0.2, -0.15) is 0 Å². The average Bonchev–Trinajstić information content (AvgIpc) is 2.17. The SMILES string of the molecule is [2H]C(C1CCCCC1)C([2H])(C)C(=O)O. The Kier molecular flexibility index (Phi) is 2.59. The van der Waals surface area contributed by atoms with E-state index in [-0.39, 0.29) is 5.92 Å². The van der Waals surface area contributed by atoms with E-state index in [1.54, 1.807) is 0 Å². The van der Waals surface area contributed by atoms with E-state index >= 15 is 0 Å². The van der Waals surface area contributed by atoms with E-state index in [1.165, 1.54) is 13.3 Å². The van der Waals surface area contributed by atoms with Crippen molar-refractivity contribution in [1.82, 2.24) is 0 Å². The Balaban J connectivity index is 2.62. The summed E-state index contributed by atoms with van der Waals surface area (Å²) in [5, 5.41) is 8.83. The Bertz CT molecular complexity index is 210. The van der Waals surface area contributed by atoms with Gasteiger partial charge in [-0.25, -0.2) is 0 Å². The highest BCUT2D eigenvalue weighted by Gasteiger charge is 2.19. The van der Waals surface area contributed by atoms with Crippen molar-refractivity contribution in [2.75, 3.05) is 0 Å². The second-order valence-electron chi connectivity index (χ2n) is 3.55. The van der Waals surface area contributed by atoms with Gasteiger partial charge in [0.2, 0.25) is 0 Å². The summed E-state index contributed by atoms with van der Waals surface area (Å²) >= 11 is 0. The molecule has 2 nitrogen and oxygen atoms in total. The zero-order chi connectivity index (χ0) is 10.8. The van der Waals surface area contributed by atoms with Gasteiger partial charge in [0.1, 0.15) is 0 Å². The minimum Gasteiger partial charge on any atom is -0.481 e. The maximum atomic E-state index is 10.8. The van der Waals surface area contributed by atoms with Crippen LogP contribution in [0.1, 0.15) is 48.2 Å². The fourth-order valence-electron chi connectivity index (χ4n) is 1.73. The standard InChI is InChI=1S/C10H18O2/c1-8(10(11)12)7-9-5-3-2-4-6-9/h8-9H,2-7H2,1H3,(H,11,12)/i7D,8D. The second kappa shape index (κ2) is 4.48. The molecular weight excluding hydrogens is 152 g/mol. The fraction of sp³-hybridized carbons (Fsp3) is 0.900. The van der Waals surface area contributed by atoms with Crippen molar-refractivity contribution in [2.45, 2.75) is 45.4 Å². The number of rotatable bonds is 3. The topological polar surface area (TPSA) is 37.3 Å². The Morgan fingerprint density at radius 2 is 2.25 bits per heavy atom. The van der Waals surface area contributed by atoms with Crippen molar-refractivity contribution in [2.24, 2.45) is 11.8 Å². The van der Waals surface area contributed by atoms with Crippen molar-refractivity contribution in [3.05, 3.63) is 0 Å². The molecule has 1 fully saturated rings. The molecule has 0 bridgehead atoms. The summed E-state index contributed by atoms with van der Waals surface area (Å²) in [6.07, 6.45) is 4.38. The molecule has 2 heteroatoms. The summed E-state index contributed by atoms with van der Waals surface area (Å²) in [7, 11) is 0. The molecule has 0 aromatic rings. The van der Waals surface area contributed by atoms with Crippen LogP contribution in [-0.4, -0.2) is 11.1 Å². The van der Waals surface area contributed by atoms with Crippen LogP contribution in [0.2, 0.25) is 0 Å². The van der Waals surface area contributed by atoms with Crippen LogP contribution in [0.5, 0.6) is 0 Å². The van der Waals surface area contributed by atoms with Crippen LogP contribution >= 0.6 is 0 Å². The van der Waals surface area contributed by atoms with Crippen LogP contribution in [0.15, 0.2) is 0 Å². The third-order valence-electron chi connectivity index (χ3n) is 2.47. The number of aliphatic carboxylic acids is 1. The molecule has 1 aliphatic rings. The van der Waals surface area contributed by atoms with Gasteiger partial charge in [-0.15, -0.1) is 0 Å². The summed E-state index contributed by atoms with van der Waals surface area (Å²) in [4.78, 5) is 10.8. The van der Waals surface area contributed by atoms with E-state index < -0.39 is 18.3 Å². The first-order valence-corrected chi connectivity index (χ1v) is 4.62. The highest BCUT2D eigenvalue weighted by Crippen LogP contribution is 2.28. The van der Waals surface area contributed by atoms with Gasteiger partial charge in [0.05, 0.1) is 5.89 Å². The van der Waals surface area contributed by atoms with E-state index in [0.29, 0.717) is 0 Å². The maximum Gasteiger partial charge on any atom is 0.306 e. The summed E-state index contributed by atoms with van der Waals surface area (Å²) in [6, 6.07) is 0. The number of carbonyl (C=O) groups is 1. The lowest BCUT2D eigenvalue weighted by Gasteiger charge is -2.22. The van der Waals surface area contributed by atoms with Gasteiger partial charge in [-0.1, -0.05) is 39.0 Å². The van der Waals surface area contributed by atoms with Gasteiger partial charge in [0.15, 0.2) is 0 Å². The molecule has 70 valence electrons. The molecule has 1 aliphatic carbocycles. The molecule has 2 unspecified atom stereocenters. The average molecular weight is 172 g/mol. The Morgan fingerprint density at radius 3 is 2.75 bits per heavy atom. The van der Waals surface area contributed by atoms with Gasteiger partial charge in [0.25, 0.3) is 0 Å². The van der Waals surface area contributed by atoms with Crippen molar-refractivity contribution in [3.63, 3.8) is 0 Å². The molecule has 0 amide bonds. The zero-order valence-corrected chi connectivity index (χ0v) is 7.55. The fourth-order valence-corrected chi connectivity index (χ4v) is 1.73. The van der Waals surface area contributed by atoms with Crippen LogP contribution in [0.25, 0.3) is 0 Å². The van der Waals surface area contributed by atoms with Crippen LogP contribution in [-0.2, 0) is 4.79 Å². The maximum absolute atomic E-state index is 10.8. The summed E-state index contributed by atoms with van der Waals surface area (Å²) in [5.41, 5.74) is 0. The molecule has 0 aromatic carbocycles. The third-order valence-corrected chi connectivity index (χ3v) is 2.47. The minimum absolute atomic E-state index is 0.0994. The number of hydrogen-bond donors (Lipinski definition) is 1. The molecule has 2 atom stereocenters. The first kappa shape index (κ1) is 6.93. The quantitative estimate of drug-likeness (QED) is 0.710. The number of carboxylic acid groups (broad SMARTS) is 1. The van der Waals surface area contributed by atoms with Gasteiger partial charge in [0, 0.05) is 2.74 Å². The van der Waals surface area contributed by atoms with Crippen molar-refractivity contribution >= 4 is 5.97 Å². The van der Waals surface area contributed by atoms with E-state index in [4.69, 9.17) is 7.85 Å². The van der Waals surface area contributed by atoms with Crippen LogP contribution < -0.4 is 0 Å². The molecule has 1 saturated carbocycles. The normalized spacial score (nSPS) is 29.8. The van der Waals surface area contributed by atoms with Gasteiger partial charge < -0.3 is 5.11 Å². The Morgan fingerprint density at radius 1 is 1.67 bits per heavy atom. The first-order valence-electron chi connectivity index (χ1n) is 5.69. The molecule has 0 aromatic heterocycles. The second-order valence-corrected chi connectivity index (χ2v) is 3.55. The molecular formula is C10H18O2. The predicted octanol–water partition coefficient (Wildman–Crippen LogP) is 2.68. The zero-order valence-electron chi connectivity index (χ0n) is 9.55. The number of hydrogen-bond acceptors (Lipinski definition) is 1. The van der Waals surface area contributed by atoms with Gasteiger partial charge in [-0.3, -0.25) is 4.79 Å². The molecule has 0 radical (unpaired) electrons. The van der Waals surface area contributed by atoms with Crippen molar-refractivity contribution in [3.8, 4) is 0 Å². The summed E-state index contributed by atoms with van der Waals surface area (Å²) in [6.45, 7) is 1.33. The van der Waals surface area contributed by atoms with E-state index in [2.05, 4.69) is 0 Å². The Hall–Kier alpha value is -0.530. The highest BCUT2D eigenvalue weighted by molar-refractivity contribution is 5.69. The van der Waals surface area contributed by atoms with Crippen molar-refractivity contribution in [1.29, 1.82) is 0 Å². The van der Waals surface area contributed by atoms with E-state index in [1.807, 2.05) is 0 Å². The van der Waals surface area contributed by atoms with E-state index in [9.17, 15) is 4.79 Å². The molecule has 1 rings (SSSR count). The molecule has 0 saturated heterocycles. The predicted molar refractivity (Wildman–Crippen MR) is 48.0 cm³/mol. The molecule has 12 heavy (non-hydrogen) atoms. The van der Waals surface area contributed by atoms with Gasteiger partial charge in [-0.05, 0) is 12.3 Å². The monoisotopic (exact) mass is 172 g/mol. The lowest BCUT2D eigenvalue weighted by atomic mass is 9.83. The number of carboxylic acids is 1. The smallest absolute Gasteiger partial charge is 0.306 e. The molecule has 1 N–H and O–H groups in total. The Labute approximate surface area is 76.8 Å².